The fourth-order valence-corrected chi connectivity index (χ4v) is 1.14. The van der Waals surface area contributed by atoms with Gasteiger partial charge in [-0.1, -0.05) is 0 Å². The van der Waals surface area contributed by atoms with E-state index in [9.17, 15) is 9.59 Å². The molecule has 82 valence electrons. The van der Waals surface area contributed by atoms with Gasteiger partial charge in [0.15, 0.2) is 0 Å². The van der Waals surface area contributed by atoms with Crippen LogP contribution in [-0.2, 0) is 7.05 Å². The number of rotatable bonds is 2. The van der Waals surface area contributed by atoms with Gasteiger partial charge in [0, 0.05) is 19.2 Å². The van der Waals surface area contributed by atoms with Crippen LogP contribution in [0.2, 0.25) is 0 Å². The molecule has 0 spiro atoms. The fraction of sp³-hybridized carbons (Fsp3) is 0.111. The summed E-state index contributed by atoms with van der Waals surface area (Å²) < 4.78 is 1.10. The molecule has 0 atom stereocenters. The smallest absolute Gasteiger partial charge is 0.277 e. The molecule has 0 aliphatic carbocycles. The molecule has 0 aliphatic heterocycles. The molecule has 1 amide bonds. The van der Waals surface area contributed by atoms with E-state index in [4.69, 9.17) is 0 Å². The highest BCUT2D eigenvalue weighted by Gasteiger charge is 2.09. The van der Waals surface area contributed by atoms with Gasteiger partial charge in [-0.25, -0.2) is 4.68 Å². The number of nitrogens with zero attached hydrogens (tertiary/aromatic N) is 3. The summed E-state index contributed by atoms with van der Waals surface area (Å²) in [6.45, 7) is 0. The number of anilines is 1. The Kier molecular flexibility index (Phi) is 2.50. The lowest BCUT2D eigenvalue weighted by molar-refractivity contribution is 0.101. The second-order valence-corrected chi connectivity index (χ2v) is 3.10. The van der Waals surface area contributed by atoms with Crippen LogP contribution in [-0.4, -0.2) is 25.9 Å². The molecule has 2 heterocycles. The zero-order chi connectivity index (χ0) is 11.5. The molecule has 0 saturated heterocycles. The lowest BCUT2D eigenvalue weighted by Crippen LogP contribution is -2.23. The van der Waals surface area contributed by atoms with Crippen molar-refractivity contribution in [1.82, 2.24) is 20.0 Å². The van der Waals surface area contributed by atoms with E-state index in [1.54, 1.807) is 6.07 Å². The van der Waals surface area contributed by atoms with Crippen LogP contribution in [0.5, 0.6) is 0 Å². The Morgan fingerprint density at radius 1 is 1.44 bits per heavy atom. The van der Waals surface area contributed by atoms with E-state index in [0.717, 1.165) is 4.68 Å². The van der Waals surface area contributed by atoms with Crippen LogP contribution in [0.1, 0.15) is 10.5 Å². The Bertz CT molecular complexity index is 558. The van der Waals surface area contributed by atoms with Crippen molar-refractivity contribution in [2.75, 3.05) is 5.32 Å². The van der Waals surface area contributed by atoms with Gasteiger partial charge in [-0.05, 0) is 6.07 Å². The van der Waals surface area contributed by atoms with Crippen LogP contribution < -0.4 is 10.9 Å². The van der Waals surface area contributed by atoms with Gasteiger partial charge in [0.1, 0.15) is 11.5 Å². The van der Waals surface area contributed by atoms with Crippen molar-refractivity contribution in [2.24, 2.45) is 7.05 Å². The van der Waals surface area contributed by atoms with Crippen LogP contribution in [0.25, 0.3) is 0 Å². The summed E-state index contributed by atoms with van der Waals surface area (Å²) in [5.74, 6) is 0.0699. The second-order valence-electron chi connectivity index (χ2n) is 3.10. The molecule has 0 bridgehead atoms. The normalized spacial score (nSPS) is 10.1. The van der Waals surface area contributed by atoms with E-state index < -0.39 is 5.91 Å². The Labute approximate surface area is 90.1 Å². The lowest BCUT2D eigenvalue weighted by Gasteiger charge is -2.02. The van der Waals surface area contributed by atoms with Gasteiger partial charge in [-0.15, -0.1) is 0 Å². The largest absolute Gasteiger partial charge is 0.306 e. The SMILES string of the molecule is Cn1nc(C(=O)Nc2ccn[nH]2)ccc1=O. The van der Waals surface area contributed by atoms with Crippen molar-refractivity contribution in [3.05, 3.63) is 40.4 Å². The van der Waals surface area contributed by atoms with Crippen LogP contribution in [0.3, 0.4) is 0 Å². The maximum absolute atomic E-state index is 11.6. The molecule has 0 radical (unpaired) electrons. The molecule has 7 heteroatoms. The lowest BCUT2D eigenvalue weighted by atomic mass is 10.3. The van der Waals surface area contributed by atoms with Crippen molar-refractivity contribution in [3.8, 4) is 0 Å². The van der Waals surface area contributed by atoms with Gasteiger partial charge in [0.05, 0.1) is 6.20 Å². The third-order valence-corrected chi connectivity index (χ3v) is 1.94. The number of carbonyl (C=O) groups excluding carboxylic acids is 1. The highest BCUT2D eigenvalue weighted by atomic mass is 16.2. The van der Waals surface area contributed by atoms with E-state index in [1.165, 1.54) is 25.4 Å². The fourth-order valence-electron chi connectivity index (χ4n) is 1.14. The summed E-state index contributed by atoms with van der Waals surface area (Å²) in [4.78, 5) is 22.7. The molecule has 2 rings (SSSR count). The predicted molar refractivity (Wildman–Crippen MR) is 56.0 cm³/mol. The number of aryl methyl sites for hydroxylation is 1. The summed E-state index contributed by atoms with van der Waals surface area (Å²) >= 11 is 0. The van der Waals surface area contributed by atoms with E-state index in [1.807, 2.05) is 0 Å². The quantitative estimate of drug-likeness (QED) is 0.728. The van der Waals surface area contributed by atoms with Crippen LogP contribution in [0, 0.1) is 0 Å². The standard InChI is InChI=1S/C9H9N5O2/c1-14-8(15)3-2-6(13-14)9(16)11-7-4-5-10-12-7/h2-5H,1H3,(H2,10,11,12,16). The minimum Gasteiger partial charge on any atom is -0.306 e. The molecular formula is C9H9N5O2. The van der Waals surface area contributed by atoms with E-state index in [-0.39, 0.29) is 11.3 Å². The molecule has 0 unspecified atom stereocenters. The number of hydrogen-bond acceptors (Lipinski definition) is 4. The topological polar surface area (TPSA) is 92.7 Å². The van der Waals surface area contributed by atoms with Crippen molar-refractivity contribution < 1.29 is 4.79 Å². The maximum atomic E-state index is 11.6. The Morgan fingerprint density at radius 3 is 2.88 bits per heavy atom. The third kappa shape index (κ3) is 1.97. The highest BCUT2D eigenvalue weighted by Crippen LogP contribution is 2.01. The van der Waals surface area contributed by atoms with Crippen molar-refractivity contribution >= 4 is 11.7 Å². The molecule has 0 aromatic carbocycles. The number of hydrogen-bond donors (Lipinski definition) is 2. The highest BCUT2D eigenvalue weighted by molar-refractivity contribution is 6.02. The number of carbonyl (C=O) groups is 1. The molecule has 0 fully saturated rings. The summed E-state index contributed by atoms with van der Waals surface area (Å²) in [5, 5.41) is 12.6. The first-order chi connectivity index (χ1) is 7.66. The van der Waals surface area contributed by atoms with Gasteiger partial charge in [-0.2, -0.15) is 10.2 Å². The molecule has 2 aromatic rings. The molecule has 2 N–H and O–H groups in total. The van der Waals surface area contributed by atoms with Gasteiger partial charge in [0.2, 0.25) is 0 Å². The first-order valence-corrected chi connectivity index (χ1v) is 4.52. The van der Waals surface area contributed by atoms with Crippen molar-refractivity contribution in [1.29, 1.82) is 0 Å². The predicted octanol–water partition coefficient (Wildman–Crippen LogP) is -0.244. The summed E-state index contributed by atoms with van der Waals surface area (Å²) in [6, 6.07) is 4.27. The average molecular weight is 219 g/mol. The van der Waals surface area contributed by atoms with E-state index >= 15 is 0 Å². The van der Waals surface area contributed by atoms with Gasteiger partial charge < -0.3 is 5.32 Å². The van der Waals surface area contributed by atoms with Crippen LogP contribution in [0.15, 0.2) is 29.2 Å². The van der Waals surface area contributed by atoms with Gasteiger partial charge in [0.25, 0.3) is 11.5 Å². The third-order valence-electron chi connectivity index (χ3n) is 1.94. The van der Waals surface area contributed by atoms with Crippen molar-refractivity contribution in [3.63, 3.8) is 0 Å². The molecule has 0 saturated carbocycles. The van der Waals surface area contributed by atoms with E-state index in [0.29, 0.717) is 5.82 Å². The summed E-state index contributed by atoms with van der Waals surface area (Å²) in [6.07, 6.45) is 1.52. The van der Waals surface area contributed by atoms with Gasteiger partial charge in [-0.3, -0.25) is 14.7 Å². The van der Waals surface area contributed by atoms with Crippen LogP contribution >= 0.6 is 0 Å². The molecule has 16 heavy (non-hydrogen) atoms. The summed E-state index contributed by atoms with van der Waals surface area (Å²) in [5.41, 5.74) is -0.102. The monoisotopic (exact) mass is 219 g/mol. The Hall–Kier alpha value is -2.44. The second kappa shape index (κ2) is 3.97. The molecule has 7 nitrogen and oxygen atoms in total. The number of nitrogens with one attached hydrogen (secondary N) is 2. The Balaban J connectivity index is 2.21. The molecule has 0 aliphatic rings. The van der Waals surface area contributed by atoms with Gasteiger partial charge >= 0.3 is 0 Å². The van der Waals surface area contributed by atoms with E-state index in [2.05, 4.69) is 20.6 Å². The number of H-pyrrole nitrogens is 1. The molecule has 2 aromatic heterocycles. The zero-order valence-corrected chi connectivity index (χ0v) is 8.47. The minimum absolute atomic E-state index is 0.164. The maximum Gasteiger partial charge on any atom is 0.277 e. The minimum atomic E-state index is -0.403. The average Bonchev–Trinajstić information content (AvgIpc) is 2.74. The number of aromatic amines is 1. The summed E-state index contributed by atoms with van der Waals surface area (Å²) in [7, 11) is 1.48. The molecular weight excluding hydrogens is 210 g/mol. The first kappa shape index (κ1) is 10.1. The van der Waals surface area contributed by atoms with Crippen LogP contribution in [0.4, 0.5) is 5.82 Å². The van der Waals surface area contributed by atoms with Crippen molar-refractivity contribution in [2.45, 2.75) is 0 Å². The number of amides is 1. The number of aromatic nitrogens is 4. The zero-order valence-electron chi connectivity index (χ0n) is 8.47. The first-order valence-electron chi connectivity index (χ1n) is 4.52. The Morgan fingerprint density at radius 2 is 2.25 bits per heavy atom.